The second kappa shape index (κ2) is 1.30. The first-order chi connectivity index (χ1) is 3.43. The van der Waals surface area contributed by atoms with Gasteiger partial charge in [0, 0.05) is 0 Å². The second-order valence-electron chi connectivity index (χ2n) is 0.747. The molecule has 0 saturated heterocycles. The van der Waals surface area contributed by atoms with Crippen molar-refractivity contribution in [2.45, 2.75) is 0 Å². The zero-order valence-electron chi connectivity index (χ0n) is 3.18. The van der Waals surface area contributed by atoms with E-state index in [0.29, 0.717) is 4.80 Å². The quantitative estimate of drug-likeness (QED) is 0.388. The molecule has 0 aliphatic heterocycles. The molecule has 0 bridgehead atoms. The molecular formula is CN6. The van der Waals surface area contributed by atoms with Gasteiger partial charge in [0.1, 0.15) is 0 Å². The van der Waals surface area contributed by atoms with Gasteiger partial charge in [-0.1, -0.05) is 0 Å². The van der Waals surface area contributed by atoms with E-state index in [1.807, 2.05) is 0 Å². The van der Waals surface area contributed by atoms with Crippen molar-refractivity contribution < 1.29 is 0 Å². The van der Waals surface area contributed by atoms with Crippen LogP contribution in [-0.2, 0) is 0 Å². The van der Waals surface area contributed by atoms with Crippen molar-refractivity contribution >= 4 is 0 Å². The molecule has 1 aromatic rings. The summed E-state index contributed by atoms with van der Waals surface area (Å²) in [5.74, 6) is 0. The van der Waals surface area contributed by atoms with Gasteiger partial charge in [-0.3, -0.25) is 0 Å². The van der Waals surface area contributed by atoms with Crippen LogP contribution < -0.4 is 0 Å². The fourth-order valence-electron chi connectivity index (χ4n) is 0.169. The molecule has 6 nitrogen and oxygen atoms in total. The standard InChI is InChI=1S/CN6/c2-1-7-5-3-4-6-7. The summed E-state index contributed by atoms with van der Waals surface area (Å²) in [5, 5.41) is 20.2. The summed E-state index contributed by atoms with van der Waals surface area (Å²) >= 11 is 0. The highest BCUT2D eigenvalue weighted by atomic mass is 15.7. The maximum absolute atomic E-state index is 7.93. The molecule has 0 spiro atoms. The van der Waals surface area contributed by atoms with Gasteiger partial charge in [0.05, 0.1) is 0 Å². The van der Waals surface area contributed by atoms with Gasteiger partial charge in [-0.05, 0) is 25.7 Å². The van der Waals surface area contributed by atoms with Crippen LogP contribution in [0.3, 0.4) is 0 Å². The Labute approximate surface area is 38.3 Å². The lowest BCUT2D eigenvalue weighted by atomic mass is 11.4. The van der Waals surface area contributed by atoms with Crippen LogP contribution in [0.25, 0.3) is 0 Å². The number of hydrogen-bond donors (Lipinski definition) is 0. The minimum absolute atomic E-state index is 0.708. The SMILES string of the molecule is N#Cn1nnnn1. The molecule has 0 atom stereocenters. The molecule has 0 aliphatic rings. The van der Waals surface area contributed by atoms with Gasteiger partial charge in [0.15, 0.2) is 0 Å². The minimum atomic E-state index is 0.708. The summed E-state index contributed by atoms with van der Waals surface area (Å²) in [6, 6.07) is 0. The van der Waals surface area contributed by atoms with Crippen LogP contribution >= 0.6 is 0 Å². The van der Waals surface area contributed by atoms with E-state index in [1.165, 1.54) is 0 Å². The van der Waals surface area contributed by atoms with E-state index in [9.17, 15) is 0 Å². The third-order valence-corrected chi connectivity index (χ3v) is 0.379. The third-order valence-electron chi connectivity index (χ3n) is 0.379. The molecule has 0 N–H and O–H groups in total. The first kappa shape index (κ1) is 3.67. The van der Waals surface area contributed by atoms with Gasteiger partial charge in [-0.2, -0.15) is 5.26 Å². The lowest BCUT2D eigenvalue weighted by molar-refractivity contribution is 0.726. The van der Waals surface area contributed by atoms with E-state index < -0.39 is 0 Å². The van der Waals surface area contributed by atoms with Crippen molar-refractivity contribution in [3.05, 3.63) is 0 Å². The normalized spacial score (nSPS) is 7.86. The minimum Gasteiger partial charge on any atom is -0.169 e. The van der Waals surface area contributed by atoms with Gasteiger partial charge < -0.3 is 0 Å². The average Bonchev–Trinajstić information content (AvgIpc) is 2.14. The van der Waals surface area contributed by atoms with E-state index in [1.54, 1.807) is 6.19 Å². The maximum Gasteiger partial charge on any atom is 0.228 e. The molecule has 1 rings (SSSR count). The number of aromatic nitrogens is 5. The van der Waals surface area contributed by atoms with Crippen molar-refractivity contribution in [2.24, 2.45) is 0 Å². The monoisotopic (exact) mass is 96.0 g/mol. The highest BCUT2D eigenvalue weighted by Gasteiger charge is 1.82. The van der Waals surface area contributed by atoms with Crippen molar-refractivity contribution in [3.63, 3.8) is 0 Å². The smallest absolute Gasteiger partial charge is 0.169 e. The molecule has 0 aromatic carbocycles. The molecule has 0 amide bonds. The predicted octanol–water partition coefficient (Wildman–Crippen LogP) is -1.60. The van der Waals surface area contributed by atoms with Gasteiger partial charge in [-0.25, -0.2) is 0 Å². The van der Waals surface area contributed by atoms with Crippen molar-refractivity contribution in [3.8, 4) is 6.19 Å². The fourth-order valence-corrected chi connectivity index (χ4v) is 0.169. The molecule has 7 heavy (non-hydrogen) atoms. The molecule has 0 unspecified atom stereocenters. The van der Waals surface area contributed by atoms with Crippen molar-refractivity contribution in [1.29, 1.82) is 5.26 Å². The lowest BCUT2D eigenvalue weighted by Crippen LogP contribution is -1.91. The molecule has 34 valence electrons. The van der Waals surface area contributed by atoms with Gasteiger partial charge in [0.25, 0.3) is 0 Å². The summed E-state index contributed by atoms with van der Waals surface area (Å²) in [4.78, 5) is 0.708. The van der Waals surface area contributed by atoms with Crippen LogP contribution in [-0.4, -0.2) is 25.7 Å². The molecule has 1 aromatic heterocycles. The Morgan fingerprint density at radius 3 is 2.14 bits per heavy atom. The Kier molecular flexibility index (Phi) is 0.681. The topological polar surface area (TPSA) is 80.3 Å². The predicted molar refractivity (Wildman–Crippen MR) is 16.6 cm³/mol. The van der Waals surface area contributed by atoms with Gasteiger partial charge in [0.2, 0.25) is 6.19 Å². The van der Waals surface area contributed by atoms with E-state index >= 15 is 0 Å². The van der Waals surface area contributed by atoms with Crippen LogP contribution in [0.5, 0.6) is 0 Å². The van der Waals surface area contributed by atoms with Crippen molar-refractivity contribution in [1.82, 2.24) is 25.7 Å². The lowest BCUT2D eigenvalue weighted by Gasteiger charge is -1.63. The Morgan fingerprint density at radius 2 is 1.86 bits per heavy atom. The summed E-state index contributed by atoms with van der Waals surface area (Å²) in [7, 11) is 0. The molecular weight excluding hydrogens is 96.1 g/mol. The van der Waals surface area contributed by atoms with Crippen molar-refractivity contribution in [2.75, 3.05) is 0 Å². The van der Waals surface area contributed by atoms with Crippen LogP contribution in [0.15, 0.2) is 0 Å². The van der Waals surface area contributed by atoms with Gasteiger partial charge >= 0.3 is 0 Å². The summed E-state index contributed by atoms with van der Waals surface area (Å²) < 4.78 is 0. The average molecular weight is 96.1 g/mol. The second-order valence-corrected chi connectivity index (χ2v) is 0.747. The molecule has 0 aliphatic carbocycles. The Hall–Kier alpha value is -1.51. The van der Waals surface area contributed by atoms with Gasteiger partial charge in [-0.15, -0.1) is 0 Å². The number of nitrogens with zero attached hydrogens (tertiary/aromatic N) is 6. The van der Waals surface area contributed by atoms with E-state index in [-0.39, 0.29) is 0 Å². The zero-order chi connectivity index (χ0) is 5.11. The highest BCUT2D eigenvalue weighted by molar-refractivity contribution is 4.59. The maximum atomic E-state index is 7.93. The summed E-state index contributed by atoms with van der Waals surface area (Å²) in [6.45, 7) is 0. The largest absolute Gasteiger partial charge is 0.228 e. The number of rotatable bonds is 0. The van der Waals surface area contributed by atoms with Crippen LogP contribution in [0.4, 0.5) is 0 Å². The Bertz CT molecular complexity index is 167. The molecule has 1 heterocycles. The van der Waals surface area contributed by atoms with E-state index in [4.69, 9.17) is 5.26 Å². The Balaban J connectivity index is 3.04. The molecule has 0 fully saturated rings. The van der Waals surface area contributed by atoms with Crippen LogP contribution in [0.1, 0.15) is 0 Å². The van der Waals surface area contributed by atoms with E-state index in [0.717, 1.165) is 0 Å². The summed E-state index contributed by atoms with van der Waals surface area (Å²) in [6.07, 6.45) is 1.58. The Morgan fingerprint density at radius 1 is 1.29 bits per heavy atom. The number of nitriles is 1. The molecule has 0 saturated carbocycles. The summed E-state index contributed by atoms with van der Waals surface area (Å²) in [5.41, 5.74) is 0. The third kappa shape index (κ3) is 0.496. The van der Waals surface area contributed by atoms with Crippen LogP contribution in [0, 0.1) is 11.5 Å². The van der Waals surface area contributed by atoms with E-state index in [2.05, 4.69) is 20.9 Å². The molecule has 0 radical (unpaired) electrons. The van der Waals surface area contributed by atoms with Crippen LogP contribution in [0.2, 0.25) is 0 Å². The zero-order valence-corrected chi connectivity index (χ0v) is 3.18. The fraction of sp³-hybridized carbons (Fsp3) is 0. The number of hydrogen-bond acceptors (Lipinski definition) is 5. The molecule has 6 heteroatoms. The highest BCUT2D eigenvalue weighted by Crippen LogP contribution is 1.54. The first-order valence-electron chi connectivity index (χ1n) is 1.45. The first-order valence-corrected chi connectivity index (χ1v) is 1.45.